The summed E-state index contributed by atoms with van der Waals surface area (Å²) in [6, 6.07) is 5.11. The maximum Gasteiger partial charge on any atom is 0.226 e. The van der Waals surface area contributed by atoms with Crippen molar-refractivity contribution in [3.63, 3.8) is 0 Å². The molecule has 0 saturated heterocycles. The summed E-state index contributed by atoms with van der Waals surface area (Å²) >= 11 is 3.30. The maximum atomic E-state index is 11.6. The van der Waals surface area contributed by atoms with Crippen molar-refractivity contribution in [3.05, 3.63) is 28.2 Å². The van der Waals surface area contributed by atoms with Crippen molar-refractivity contribution in [2.45, 2.75) is 13.8 Å². The standard InChI is InChI=1S/C11H14BrN3O2/c1-6(2)11(16)14-9-5-7(12)3-4-8(9)10(13)15-17/h3-6,17H,1-2H3,(H2,13,15)(H,14,16). The third kappa shape index (κ3) is 3.45. The van der Waals surface area contributed by atoms with Crippen LogP contribution in [-0.2, 0) is 4.79 Å². The second-order valence-corrected chi connectivity index (χ2v) is 4.73. The molecule has 0 bridgehead atoms. The fraction of sp³-hybridized carbons (Fsp3) is 0.273. The molecule has 0 spiro atoms. The molecule has 0 radical (unpaired) electrons. The molecule has 0 aliphatic rings. The van der Waals surface area contributed by atoms with E-state index in [1.165, 1.54) is 0 Å². The Morgan fingerprint density at radius 3 is 2.71 bits per heavy atom. The normalized spacial score (nSPS) is 11.6. The Morgan fingerprint density at radius 2 is 2.18 bits per heavy atom. The van der Waals surface area contributed by atoms with Crippen LogP contribution in [0.15, 0.2) is 27.8 Å². The number of nitrogens with zero attached hydrogens (tertiary/aromatic N) is 1. The summed E-state index contributed by atoms with van der Waals surface area (Å²) in [5.74, 6) is -0.319. The molecule has 1 rings (SSSR count). The Hall–Kier alpha value is -1.56. The van der Waals surface area contributed by atoms with Crippen LogP contribution in [0, 0.1) is 5.92 Å². The summed E-state index contributed by atoms with van der Waals surface area (Å²) in [5, 5.41) is 14.3. The van der Waals surface area contributed by atoms with E-state index in [-0.39, 0.29) is 17.7 Å². The van der Waals surface area contributed by atoms with E-state index in [0.29, 0.717) is 11.3 Å². The molecule has 0 unspecified atom stereocenters. The number of amides is 1. The van der Waals surface area contributed by atoms with Crippen molar-refractivity contribution >= 4 is 33.4 Å². The number of carbonyl (C=O) groups is 1. The number of anilines is 1. The van der Waals surface area contributed by atoms with Gasteiger partial charge in [-0.2, -0.15) is 0 Å². The van der Waals surface area contributed by atoms with Crippen LogP contribution in [0.5, 0.6) is 0 Å². The van der Waals surface area contributed by atoms with Gasteiger partial charge in [0.25, 0.3) is 0 Å². The number of nitrogens with two attached hydrogens (primary N) is 1. The fourth-order valence-electron chi connectivity index (χ4n) is 1.17. The first-order valence-corrected chi connectivity index (χ1v) is 5.83. The first kappa shape index (κ1) is 13.5. The molecule has 0 heterocycles. The number of carbonyl (C=O) groups excluding carboxylic acids is 1. The third-order valence-corrected chi connectivity index (χ3v) is 2.64. The number of benzene rings is 1. The van der Waals surface area contributed by atoms with Crippen molar-refractivity contribution in [1.82, 2.24) is 0 Å². The van der Waals surface area contributed by atoms with Crippen LogP contribution in [0.3, 0.4) is 0 Å². The highest BCUT2D eigenvalue weighted by molar-refractivity contribution is 9.10. The van der Waals surface area contributed by atoms with Crippen LogP contribution in [0.1, 0.15) is 19.4 Å². The SMILES string of the molecule is CC(C)C(=O)Nc1cc(Br)ccc1/C(N)=N/O. The van der Waals surface area contributed by atoms with Crippen molar-refractivity contribution < 1.29 is 10.0 Å². The molecule has 1 amide bonds. The van der Waals surface area contributed by atoms with Crippen molar-refractivity contribution in [3.8, 4) is 0 Å². The molecule has 92 valence electrons. The van der Waals surface area contributed by atoms with Gasteiger partial charge in [0.2, 0.25) is 5.91 Å². The molecule has 17 heavy (non-hydrogen) atoms. The van der Waals surface area contributed by atoms with Gasteiger partial charge in [0.15, 0.2) is 5.84 Å². The van der Waals surface area contributed by atoms with E-state index in [2.05, 4.69) is 26.4 Å². The zero-order chi connectivity index (χ0) is 13.0. The van der Waals surface area contributed by atoms with Crippen LogP contribution in [0.2, 0.25) is 0 Å². The Morgan fingerprint density at radius 1 is 1.53 bits per heavy atom. The monoisotopic (exact) mass is 299 g/mol. The van der Waals surface area contributed by atoms with Crippen LogP contribution in [0.25, 0.3) is 0 Å². The highest BCUT2D eigenvalue weighted by Gasteiger charge is 2.12. The predicted octanol–water partition coefficient (Wildman–Crippen LogP) is 2.14. The average molecular weight is 300 g/mol. The zero-order valence-corrected chi connectivity index (χ0v) is 11.2. The van der Waals surface area contributed by atoms with Gasteiger partial charge in [0, 0.05) is 16.0 Å². The predicted molar refractivity (Wildman–Crippen MR) is 70.1 cm³/mol. The van der Waals surface area contributed by atoms with E-state index in [4.69, 9.17) is 10.9 Å². The lowest BCUT2D eigenvalue weighted by molar-refractivity contribution is -0.118. The van der Waals surface area contributed by atoms with Gasteiger partial charge in [-0.15, -0.1) is 0 Å². The maximum absolute atomic E-state index is 11.6. The summed E-state index contributed by atoms with van der Waals surface area (Å²) < 4.78 is 0.797. The molecule has 4 N–H and O–H groups in total. The number of amidine groups is 1. The largest absolute Gasteiger partial charge is 0.409 e. The second kappa shape index (κ2) is 5.67. The van der Waals surface area contributed by atoms with Gasteiger partial charge < -0.3 is 16.3 Å². The van der Waals surface area contributed by atoms with Crippen molar-refractivity contribution in [2.75, 3.05) is 5.32 Å². The van der Waals surface area contributed by atoms with Crippen molar-refractivity contribution in [2.24, 2.45) is 16.8 Å². The topological polar surface area (TPSA) is 87.7 Å². The fourth-order valence-corrected chi connectivity index (χ4v) is 1.54. The molecular weight excluding hydrogens is 286 g/mol. The summed E-state index contributed by atoms with van der Waals surface area (Å²) in [6.45, 7) is 3.58. The summed E-state index contributed by atoms with van der Waals surface area (Å²) in [7, 11) is 0. The summed E-state index contributed by atoms with van der Waals surface area (Å²) in [4.78, 5) is 11.6. The van der Waals surface area contributed by atoms with Crippen LogP contribution in [-0.4, -0.2) is 17.0 Å². The lowest BCUT2D eigenvalue weighted by atomic mass is 10.1. The Bertz CT molecular complexity index is 458. The van der Waals surface area contributed by atoms with Gasteiger partial charge in [-0.05, 0) is 18.2 Å². The molecule has 0 fully saturated rings. The van der Waals surface area contributed by atoms with Crippen LogP contribution in [0.4, 0.5) is 5.69 Å². The Labute approximate surface area is 108 Å². The Balaban J connectivity index is 3.12. The molecular formula is C11H14BrN3O2. The molecule has 0 aliphatic heterocycles. The van der Waals surface area contributed by atoms with Crippen LogP contribution < -0.4 is 11.1 Å². The van der Waals surface area contributed by atoms with E-state index < -0.39 is 0 Å². The number of nitrogens with one attached hydrogen (secondary N) is 1. The van der Waals surface area contributed by atoms with Gasteiger partial charge >= 0.3 is 0 Å². The first-order valence-electron chi connectivity index (χ1n) is 5.04. The van der Waals surface area contributed by atoms with Gasteiger partial charge in [-0.3, -0.25) is 4.79 Å². The van der Waals surface area contributed by atoms with E-state index in [9.17, 15) is 4.79 Å². The number of rotatable bonds is 3. The number of halogens is 1. The van der Waals surface area contributed by atoms with Gasteiger partial charge in [0.1, 0.15) is 0 Å². The third-order valence-electron chi connectivity index (χ3n) is 2.15. The summed E-state index contributed by atoms with van der Waals surface area (Å²) in [5.41, 5.74) is 6.51. The minimum atomic E-state index is -0.144. The van der Waals surface area contributed by atoms with E-state index in [1.54, 1.807) is 32.0 Å². The zero-order valence-electron chi connectivity index (χ0n) is 9.57. The number of hydrogen-bond donors (Lipinski definition) is 3. The van der Waals surface area contributed by atoms with E-state index in [0.717, 1.165) is 4.47 Å². The molecule has 6 heteroatoms. The highest BCUT2D eigenvalue weighted by atomic mass is 79.9. The lowest BCUT2D eigenvalue weighted by Gasteiger charge is -2.12. The van der Waals surface area contributed by atoms with Gasteiger partial charge in [-0.1, -0.05) is 34.9 Å². The van der Waals surface area contributed by atoms with Crippen LogP contribution >= 0.6 is 15.9 Å². The van der Waals surface area contributed by atoms with E-state index in [1.807, 2.05) is 0 Å². The second-order valence-electron chi connectivity index (χ2n) is 3.82. The average Bonchev–Trinajstić information content (AvgIpc) is 2.28. The molecule has 0 aromatic heterocycles. The van der Waals surface area contributed by atoms with Gasteiger partial charge in [-0.25, -0.2) is 0 Å². The minimum absolute atomic E-state index is 0.0449. The van der Waals surface area contributed by atoms with Gasteiger partial charge in [0.05, 0.1) is 5.69 Å². The smallest absolute Gasteiger partial charge is 0.226 e. The molecule has 5 nitrogen and oxygen atoms in total. The highest BCUT2D eigenvalue weighted by Crippen LogP contribution is 2.22. The molecule has 1 aromatic rings. The minimum Gasteiger partial charge on any atom is -0.409 e. The molecule has 0 atom stereocenters. The Kier molecular flexibility index (Phi) is 4.51. The molecule has 1 aromatic carbocycles. The molecule has 0 aliphatic carbocycles. The van der Waals surface area contributed by atoms with E-state index >= 15 is 0 Å². The van der Waals surface area contributed by atoms with Crippen molar-refractivity contribution in [1.29, 1.82) is 0 Å². The first-order chi connectivity index (χ1) is 7.95. The number of hydrogen-bond acceptors (Lipinski definition) is 3. The lowest BCUT2D eigenvalue weighted by Crippen LogP contribution is -2.22. The quantitative estimate of drug-likeness (QED) is 0.346. The number of oxime groups is 1. The summed E-state index contributed by atoms with van der Waals surface area (Å²) in [6.07, 6.45) is 0. The molecule has 0 saturated carbocycles.